The zero-order chi connectivity index (χ0) is 11.9. The van der Waals surface area contributed by atoms with Crippen LogP contribution in [0.15, 0.2) is 28.4 Å². The highest BCUT2D eigenvalue weighted by atomic mass is 15.5. The van der Waals surface area contributed by atoms with Crippen molar-refractivity contribution in [3.05, 3.63) is 23.3 Å². The molecule has 1 aliphatic heterocycles. The summed E-state index contributed by atoms with van der Waals surface area (Å²) in [5, 5.41) is 6.53. The summed E-state index contributed by atoms with van der Waals surface area (Å²) in [5.74, 6) is 1.68. The maximum Gasteiger partial charge on any atom is 0.0795 e. The highest BCUT2D eigenvalue weighted by Crippen LogP contribution is 2.35. The van der Waals surface area contributed by atoms with Crippen molar-refractivity contribution in [1.29, 1.82) is 0 Å². The fourth-order valence-electron chi connectivity index (χ4n) is 2.57. The van der Waals surface area contributed by atoms with Crippen LogP contribution in [0, 0.1) is 17.8 Å². The molecule has 2 heteroatoms. The largest absolute Gasteiger partial charge is 0.292 e. The first kappa shape index (κ1) is 11.4. The molecule has 0 saturated carbocycles. The van der Waals surface area contributed by atoms with Crippen LogP contribution in [0.5, 0.6) is 0 Å². The maximum absolute atomic E-state index is 4.43. The molecule has 1 aliphatic carbocycles. The van der Waals surface area contributed by atoms with Crippen LogP contribution in [0.2, 0.25) is 0 Å². The Hall–Kier alpha value is -1.05. The second-order valence-electron chi connectivity index (χ2n) is 5.48. The molecule has 0 N–H and O–H groups in total. The molecule has 2 aliphatic rings. The van der Waals surface area contributed by atoms with Gasteiger partial charge in [0.1, 0.15) is 0 Å². The van der Waals surface area contributed by atoms with Crippen molar-refractivity contribution >= 4 is 6.21 Å². The molecule has 16 heavy (non-hydrogen) atoms. The number of hydrogen-bond acceptors (Lipinski definition) is 2. The van der Waals surface area contributed by atoms with Crippen LogP contribution in [-0.2, 0) is 0 Å². The van der Waals surface area contributed by atoms with Gasteiger partial charge in [-0.25, -0.2) is 0 Å². The van der Waals surface area contributed by atoms with E-state index in [1.165, 1.54) is 11.1 Å². The number of hydrazone groups is 1. The zero-order valence-electron chi connectivity index (χ0n) is 10.9. The van der Waals surface area contributed by atoms with E-state index in [9.17, 15) is 0 Å². The lowest BCUT2D eigenvalue weighted by Gasteiger charge is -2.32. The summed E-state index contributed by atoms with van der Waals surface area (Å²) < 4.78 is 0. The summed E-state index contributed by atoms with van der Waals surface area (Å²) in [6.45, 7) is 9.07. The summed E-state index contributed by atoms with van der Waals surface area (Å²) in [7, 11) is 2.07. The van der Waals surface area contributed by atoms with E-state index in [1.54, 1.807) is 0 Å². The first-order valence-electron chi connectivity index (χ1n) is 6.21. The number of hydrogen-bond donors (Lipinski definition) is 0. The average molecular weight is 218 g/mol. The van der Waals surface area contributed by atoms with E-state index in [0.29, 0.717) is 23.8 Å². The third-order valence-electron chi connectivity index (χ3n) is 3.58. The number of nitrogens with zero attached hydrogens (tertiary/aromatic N) is 2. The molecule has 0 aromatic carbocycles. The molecule has 2 nitrogen and oxygen atoms in total. The first-order chi connectivity index (χ1) is 7.50. The molecular formula is C14H22N2. The highest BCUT2D eigenvalue weighted by Gasteiger charge is 2.34. The molecular weight excluding hydrogens is 196 g/mol. The van der Waals surface area contributed by atoms with Crippen LogP contribution < -0.4 is 0 Å². The Balaban J connectivity index is 2.37. The van der Waals surface area contributed by atoms with E-state index in [4.69, 9.17) is 0 Å². The SMILES string of the molecule is CC(C)C1=CC2C=NN(C)C2C(C(C)C)=C1. The normalized spacial score (nSPS) is 28.6. The standard InChI is InChI=1S/C14H22N2/c1-9(2)11-6-12-8-15-16(5)14(12)13(7-11)10(3)4/h6-10,12,14H,1-5H3. The monoisotopic (exact) mass is 218 g/mol. The molecule has 0 radical (unpaired) electrons. The zero-order valence-corrected chi connectivity index (χ0v) is 10.9. The second-order valence-corrected chi connectivity index (χ2v) is 5.48. The van der Waals surface area contributed by atoms with E-state index in [2.05, 4.69) is 63.2 Å². The van der Waals surface area contributed by atoms with Gasteiger partial charge in [-0.1, -0.05) is 39.8 Å². The van der Waals surface area contributed by atoms with E-state index in [1.807, 2.05) is 0 Å². The predicted molar refractivity (Wildman–Crippen MR) is 69.4 cm³/mol. The van der Waals surface area contributed by atoms with Gasteiger partial charge in [0.2, 0.25) is 0 Å². The van der Waals surface area contributed by atoms with Crippen molar-refractivity contribution < 1.29 is 0 Å². The van der Waals surface area contributed by atoms with Crippen LogP contribution in [0.4, 0.5) is 0 Å². The third-order valence-corrected chi connectivity index (χ3v) is 3.58. The maximum atomic E-state index is 4.43. The van der Waals surface area contributed by atoms with Crippen molar-refractivity contribution in [3.63, 3.8) is 0 Å². The van der Waals surface area contributed by atoms with Crippen LogP contribution in [0.25, 0.3) is 0 Å². The molecule has 0 fully saturated rings. The smallest absolute Gasteiger partial charge is 0.0795 e. The summed E-state index contributed by atoms with van der Waals surface area (Å²) in [4.78, 5) is 0. The van der Waals surface area contributed by atoms with Crippen LogP contribution in [0.3, 0.4) is 0 Å². The van der Waals surface area contributed by atoms with Gasteiger partial charge in [0.15, 0.2) is 0 Å². The molecule has 0 aromatic rings. The van der Waals surface area contributed by atoms with Crippen LogP contribution in [0.1, 0.15) is 27.7 Å². The number of allylic oxidation sites excluding steroid dienone is 2. The van der Waals surface area contributed by atoms with Gasteiger partial charge < -0.3 is 0 Å². The number of rotatable bonds is 2. The lowest BCUT2D eigenvalue weighted by molar-refractivity contribution is 0.280. The van der Waals surface area contributed by atoms with E-state index in [-0.39, 0.29) is 0 Å². The van der Waals surface area contributed by atoms with Crippen molar-refractivity contribution in [3.8, 4) is 0 Å². The van der Waals surface area contributed by atoms with E-state index in [0.717, 1.165) is 0 Å². The Morgan fingerprint density at radius 2 is 1.88 bits per heavy atom. The quantitative estimate of drug-likeness (QED) is 0.695. The van der Waals surface area contributed by atoms with Crippen LogP contribution in [-0.4, -0.2) is 24.3 Å². The van der Waals surface area contributed by atoms with Gasteiger partial charge in [0.25, 0.3) is 0 Å². The van der Waals surface area contributed by atoms with Crippen LogP contribution >= 0.6 is 0 Å². The van der Waals surface area contributed by atoms with E-state index >= 15 is 0 Å². The van der Waals surface area contributed by atoms with E-state index < -0.39 is 0 Å². The molecule has 2 unspecified atom stereocenters. The summed E-state index contributed by atoms with van der Waals surface area (Å²) >= 11 is 0. The molecule has 0 saturated heterocycles. The molecule has 88 valence electrons. The number of fused-ring (bicyclic) bond motifs is 1. The lowest BCUT2D eigenvalue weighted by Crippen LogP contribution is -2.34. The van der Waals surface area contributed by atoms with Gasteiger partial charge >= 0.3 is 0 Å². The van der Waals surface area contributed by atoms with Gasteiger partial charge in [-0.15, -0.1) is 0 Å². The fourth-order valence-corrected chi connectivity index (χ4v) is 2.57. The minimum atomic E-state index is 0.461. The summed E-state index contributed by atoms with van der Waals surface area (Å²) in [5.41, 5.74) is 2.99. The Bertz CT molecular complexity index is 361. The molecule has 0 aromatic heterocycles. The van der Waals surface area contributed by atoms with Gasteiger partial charge in [0, 0.05) is 19.2 Å². The summed E-state index contributed by atoms with van der Waals surface area (Å²) in [6, 6.07) is 0.461. The Morgan fingerprint density at radius 3 is 2.44 bits per heavy atom. The Labute approximate surface area is 98.7 Å². The topological polar surface area (TPSA) is 15.6 Å². The highest BCUT2D eigenvalue weighted by molar-refractivity contribution is 5.69. The van der Waals surface area contributed by atoms with Gasteiger partial charge in [-0.05, 0) is 23.0 Å². The van der Waals surface area contributed by atoms with Gasteiger partial charge in [-0.2, -0.15) is 5.10 Å². The fraction of sp³-hybridized carbons (Fsp3) is 0.643. The second kappa shape index (κ2) is 4.08. The molecule has 1 heterocycles. The predicted octanol–water partition coefficient (Wildman–Crippen LogP) is 3.08. The Kier molecular flexibility index (Phi) is 2.92. The molecule has 2 rings (SSSR count). The third kappa shape index (κ3) is 1.81. The van der Waals surface area contributed by atoms with Gasteiger partial charge in [-0.3, -0.25) is 5.01 Å². The Morgan fingerprint density at radius 1 is 1.19 bits per heavy atom. The van der Waals surface area contributed by atoms with Crippen molar-refractivity contribution in [2.75, 3.05) is 7.05 Å². The molecule has 2 atom stereocenters. The molecule has 0 spiro atoms. The van der Waals surface area contributed by atoms with Crippen molar-refractivity contribution in [2.24, 2.45) is 22.9 Å². The van der Waals surface area contributed by atoms with Crippen molar-refractivity contribution in [2.45, 2.75) is 33.7 Å². The minimum Gasteiger partial charge on any atom is -0.292 e. The van der Waals surface area contributed by atoms with Gasteiger partial charge in [0.05, 0.1) is 6.04 Å². The minimum absolute atomic E-state index is 0.461. The number of likely N-dealkylation sites (N-methyl/N-ethyl adjacent to an activating group) is 1. The average Bonchev–Trinajstić information content (AvgIpc) is 2.59. The molecule has 0 bridgehead atoms. The summed E-state index contributed by atoms with van der Waals surface area (Å²) in [6.07, 6.45) is 6.86. The molecule has 0 amide bonds. The van der Waals surface area contributed by atoms with Crippen molar-refractivity contribution in [1.82, 2.24) is 5.01 Å². The first-order valence-corrected chi connectivity index (χ1v) is 6.21. The lowest BCUT2D eigenvalue weighted by atomic mass is 9.79.